The molecular formula is C19H23N3O5. The number of hydrogen-bond donors (Lipinski definition) is 4. The van der Waals surface area contributed by atoms with Gasteiger partial charge in [-0.3, -0.25) is 14.4 Å². The minimum Gasteiger partial charge on any atom is -0.481 e. The zero-order chi connectivity index (χ0) is 19.8. The second kappa shape index (κ2) is 9.65. The first kappa shape index (κ1) is 20.3. The first-order valence-electron chi connectivity index (χ1n) is 8.43. The normalized spacial score (nSPS) is 13.0. The number of carbonyl (C=O) groups excluding carboxylic acids is 2. The fraction of sp³-hybridized carbons (Fsp3) is 0.316. The predicted octanol–water partition coefficient (Wildman–Crippen LogP) is 0.389. The van der Waals surface area contributed by atoms with Crippen LogP contribution in [0.4, 0.5) is 0 Å². The number of nitrogens with one attached hydrogen (secondary N) is 2. The van der Waals surface area contributed by atoms with E-state index in [1.165, 1.54) is 7.11 Å². The molecule has 2 aromatic carbocycles. The first-order chi connectivity index (χ1) is 12.9. The second-order valence-corrected chi connectivity index (χ2v) is 6.08. The van der Waals surface area contributed by atoms with E-state index < -0.39 is 36.3 Å². The SMILES string of the molecule is COC[C@H](NC(=O)[C@@H](N)CC(=O)O)C(=O)NCc1cccc2ccccc12. The molecule has 0 radical (unpaired) electrons. The van der Waals surface area contributed by atoms with Gasteiger partial charge >= 0.3 is 5.97 Å². The van der Waals surface area contributed by atoms with Gasteiger partial charge in [-0.2, -0.15) is 0 Å². The van der Waals surface area contributed by atoms with Crippen molar-refractivity contribution in [1.82, 2.24) is 10.6 Å². The van der Waals surface area contributed by atoms with Crippen LogP contribution in [0.2, 0.25) is 0 Å². The Kier molecular flexibility index (Phi) is 7.27. The molecule has 8 nitrogen and oxygen atoms in total. The number of rotatable bonds is 9. The van der Waals surface area contributed by atoms with Crippen molar-refractivity contribution in [2.45, 2.75) is 25.0 Å². The summed E-state index contributed by atoms with van der Waals surface area (Å²) in [5.41, 5.74) is 6.46. The zero-order valence-corrected chi connectivity index (χ0v) is 15.0. The molecule has 0 spiro atoms. The van der Waals surface area contributed by atoms with E-state index in [4.69, 9.17) is 15.6 Å². The van der Waals surface area contributed by atoms with Gasteiger partial charge in [0.25, 0.3) is 0 Å². The van der Waals surface area contributed by atoms with E-state index >= 15 is 0 Å². The highest BCUT2D eigenvalue weighted by Crippen LogP contribution is 2.18. The molecule has 0 aromatic heterocycles. The van der Waals surface area contributed by atoms with Crippen molar-refractivity contribution in [3.05, 3.63) is 48.0 Å². The molecule has 0 heterocycles. The Hall–Kier alpha value is -2.97. The van der Waals surface area contributed by atoms with Gasteiger partial charge in [0, 0.05) is 13.7 Å². The lowest BCUT2D eigenvalue weighted by atomic mass is 10.0. The third-order valence-corrected chi connectivity index (χ3v) is 4.03. The lowest BCUT2D eigenvalue weighted by molar-refractivity contribution is -0.139. The maximum absolute atomic E-state index is 12.5. The fourth-order valence-corrected chi connectivity index (χ4v) is 2.66. The quantitative estimate of drug-likeness (QED) is 0.503. The van der Waals surface area contributed by atoms with Crippen molar-refractivity contribution in [3.8, 4) is 0 Å². The van der Waals surface area contributed by atoms with Crippen molar-refractivity contribution >= 4 is 28.6 Å². The van der Waals surface area contributed by atoms with E-state index in [1.807, 2.05) is 42.5 Å². The van der Waals surface area contributed by atoms with Crippen LogP contribution in [0.1, 0.15) is 12.0 Å². The molecule has 0 aliphatic carbocycles. The molecule has 0 saturated carbocycles. The molecule has 2 rings (SSSR count). The highest BCUT2D eigenvalue weighted by Gasteiger charge is 2.25. The van der Waals surface area contributed by atoms with E-state index in [-0.39, 0.29) is 13.2 Å². The molecule has 0 unspecified atom stereocenters. The number of carboxylic acid groups (broad SMARTS) is 1. The number of fused-ring (bicyclic) bond motifs is 1. The van der Waals surface area contributed by atoms with Crippen molar-refractivity contribution in [1.29, 1.82) is 0 Å². The number of hydrogen-bond acceptors (Lipinski definition) is 5. The summed E-state index contributed by atoms with van der Waals surface area (Å²) in [7, 11) is 1.40. The monoisotopic (exact) mass is 373 g/mol. The average Bonchev–Trinajstić information content (AvgIpc) is 2.65. The third-order valence-electron chi connectivity index (χ3n) is 4.03. The topological polar surface area (TPSA) is 131 Å². The van der Waals surface area contributed by atoms with Gasteiger partial charge in [0.2, 0.25) is 11.8 Å². The van der Waals surface area contributed by atoms with Crippen LogP contribution < -0.4 is 16.4 Å². The van der Waals surface area contributed by atoms with E-state index in [0.29, 0.717) is 0 Å². The van der Waals surface area contributed by atoms with Crippen LogP contribution in [-0.4, -0.2) is 48.7 Å². The summed E-state index contributed by atoms with van der Waals surface area (Å²) < 4.78 is 4.98. The summed E-state index contributed by atoms with van der Waals surface area (Å²) in [6, 6.07) is 11.4. The lowest BCUT2D eigenvalue weighted by Gasteiger charge is -2.20. The smallest absolute Gasteiger partial charge is 0.305 e. The number of aliphatic carboxylic acids is 1. The Morgan fingerprint density at radius 2 is 1.81 bits per heavy atom. The molecule has 144 valence electrons. The molecular weight excluding hydrogens is 350 g/mol. The van der Waals surface area contributed by atoms with Gasteiger partial charge in [-0.25, -0.2) is 0 Å². The summed E-state index contributed by atoms with van der Waals surface area (Å²) in [6.07, 6.45) is -0.525. The standard InChI is InChI=1S/C19H23N3O5/c1-27-11-16(22-18(25)15(20)9-17(23)24)19(26)21-10-13-7-4-6-12-5-2-3-8-14(12)13/h2-8,15-16H,9-11,20H2,1H3,(H,21,26)(H,22,25)(H,23,24)/t15-,16-/m0/s1. The van der Waals surface area contributed by atoms with E-state index in [0.717, 1.165) is 16.3 Å². The molecule has 0 aliphatic rings. The zero-order valence-electron chi connectivity index (χ0n) is 15.0. The number of methoxy groups -OCH3 is 1. The van der Waals surface area contributed by atoms with Crippen LogP contribution in [0.25, 0.3) is 10.8 Å². The highest BCUT2D eigenvalue weighted by molar-refractivity contribution is 5.92. The lowest BCUT2D eigenvalue weighted by Crippen LogP contribution is -2.53. The number of nitrogens with two attached hydrogens (primary N) is 1. The van der Waals surface area contributed by atoms with Crippen LogP contribution in [0.5, 0.6) is 0 Å². The minimum absolute atomic E-state index is 0.0626. The first-order valence-corrected chi connectivity index (χ1v) is 8.43. The van der Waals surface area contributed by atoms with E-state index in [1.54, 1.807) is 0 Å². The van der Waals surface area contributed by atoms with Gasteiger partial charge in [-0.15, -0.1) is 0 Å². The molecule has 0 bridgehead atoms. The minimum atomic E-state index is -1.24. The van der Waals surface area contributed by atoms with Gasteiger partial charge in [0.05, 0.1) is 19.1 Å². The summed E-state index contributed by atoms with van der Waals surface area (Å²) >= 11 is 0. The van der Waals surface area contributed by atoms with Gasteiger partial charge in [0.1, 0.15) is 6.04 Å². The van der Waals surface area contributed by atoms with Gasteiger partial charge in [-0.1, -0.05) is 42.5 Å². The molecule has 2 aromatic rings. The fourth-order valence-electron chi connectivity index (χ4n) is 2.66. The Balaban J connectivity index is 2.02. The third kappa shape index (κ3) is 5.77. The van der Waals surface area contributed by atoms with Gasteiger partial charge in [-0.05, 0) is 16.3 Å². The molecule has 27 heavy (non-hydrogen) atoms. The molecule has 2 amide bonds. The Bertz CT molecular complexity index is 819. The van der Waals surface area contributed by atoms with Crippen molar-refractivity contribution in [2.24, 2.45) is 5.73 Å². The Morgan fingerprint density at radius 3 is 2.52 bits per heavy atom. The number of amides is 2. The van der Waals surface area contributed by atoms with Gasteiger partial charge < -0.3 is 26.2 Å². The van der Waals surface area contributed by atoms with E-state index in [9.17, 15) is 14.4 Å². The summed E-state index contributed by atoms with van der Waals surface area (Å²) in [5, 5.41) is 16.0. The molecule has 2 atom stereocenters. The predicted molar refractivity (Wildman–Crippen MR) is 99.8 cm³/mol. The molecule has 5 N–H and O–H groups in total. The number of carbonyl (C=O) groups is 3. The molecule has 0 saturated heterocycles. The number of ether oxygens (including phenoxy) is 1. The maximum Gasteiger partial charge on any atom is 0.305 e. The Morgan fingerprint density at radius 1 is 1.11 bits per heavy atom. The summed E-state index contributed by atoms with van der Waals surface area (Å²) in [5.74, 6) is -2.36. The second-order valence-electron chi connectivity index (χ2n) is 6.08. The van der Waals surface area contributed by atoms with Crippen molar-refractivity contribution < 1.29 is 24.2 Å². The van der Waals surface area contributed by atoms with Crippen LogP contribution in [0, 0.1) is 0 Å². The number of benzene rings is 2. The largest absolute Gasteiger partial charge is 0.481 e. The average molecular weight is 373 g/mol. The molecule has 8 heteroatoms. The van der Waals surface area contributed by atoms with Gasteiger partial charge in [0.15, 0.2) is 0 Å². The van der Waals surface area contributed by atoms with Crippen LogP contribution in [0.15, 0.2) is 42.5 Å². The summed E-state index contributed by atoms with van der Waals surface area (Å²) in [6.45, 7) is 0.213. The maximum atomic E-state index is 12.5. The Labute approximate surface area is 156 Å². The highest BCUT2D eigenvalue weighted by atomic mass is 16.5. The van der Waals surface area contributed by atoms with Crippen LogP contribution >= 0.6 is 0 Å². The number of carboxylic acids is 1. The molecule has 0 fully saturated rings. The van der Waals surface area contributed by atoms with Crippen molar-refractivity contribution in [2.75, 3.05) is 13.7 Å². The van der Waals surface area contributed by atoms with E-state index in [2.05, 4.69) is 10.6 Å². The summed E-state index contributed by atoms with van der Waals surface area (Å²) in [4.78, 5) is 35.1. The van der Waals surface area contributed by atoms with Crippen LogP contribution in [0.3, 0.4) is 0 Å². The van der Waals surface area contributed by atoms with Crippen molar-refractivity contribution in [3.63, 3.8) is 0 Å². The molecule has 0 aliphatic heterocycles. The van der Waals surface area contributed by atoms with Crippen LogP contribution in [-0.2, 0) is 25.7 Å².